The fourth-order valence-electron chi connectivity index (χ4n) is 2.85. The Labute approximate surface area is 143 Å². The van der Waals surface area contributed by atoms with Gasteiger partial charge in [0.2, 0.25) is 0 Å². The normalized spacial score (nSPS) is 20.2. The molecule has 130 valence electrons. The van der Waals surface area contributed by atoms with Crippen molar-refractivity contribution in [1.82, 2.24) is 4.90 Å². The summed E-state index contributed by atoms with van der Waals surface area (Å²) in [4.78, 5) is 1.91. The van der Waals surface area contributed by atoms with Gasteiger partial charge in [-0.15, -0.1) is 6.42 Å². The second kappa shape index (κ2) is 8.97. The van der Waals surface area contributed by atoms with E-state index in [1.807, 2.05) is 48.2 Å². The van der Waals surface area contributed by atoms with Gasteiger partial charge in [0.05, 0.1) is 13.2 Å². The monoisotopic (exact) mass is 331 g/mol. The number of benzene rings is 1. The summed E-state index contributed by atoms with van der Waals surface area (Å²) < 4.78 is 15.9. The van der Waals surface area contributed by atoms with Crippen LogP contribution in [0.15, 0.2) is 35.9 Å². The Morgan fingerprint density at radius 1 is 1.42 bits per heavy atom. The van der Waals surface area contributed by atoms with Crippen molar-refractivity contribution in [3.63, 3.8) is 0 Å². The van der Waals surface area contributed by atoms with Crippen molar-refractivity contribution in [2.75, 3.05) is 40.2 Å². The summed E-state index contributed by atoms with van der Waals surface area (Å²) in [5, 5.41) is 11.5. The maximum Gasteiger partial charge on any atom is 0.179 e. The zero-order valence-electron chi connectivity index (χ0n) is 14.3. The van der Waals surface area contributed by atoms with Crippen molar-refractivity contribution in [2.24, 2.45) is 0 Å². The topological polar surface area (TPSA) is 51.2 Å². The molecule has 0 amide bonds. The van der Waals surface area contributed by atoms with Crippen molar-refractivity contribution in [3.8, 4) is 12.3 Å². The van der Waals surface area contributed by atoms with Gasteiger partial charge < -0.3 is 19.3 Å². The number of nitrogens with zero attached hydrogens (tertiary/aromatic N) is 1. The molecule has 1 aliphatic heterocycles. The van der Waals surface area contributed by atoms with E-state index in [1.165, 1.54) is 7.11 Å². The molecule has 1 aliphatic rings. The van der Waals surface area contributed by atoms with Crippen LogP contribution >= 0.6 is 0 Å². The van der Waals surface area contributed by atoms with Gasteiger partial charge >= 0.3 is 0 Å². The van der Waals surface area contributed by atoms with E-state index in [9.17, 15) is 5.11 Å². The average molecular weight is 331 g/mol. The summed E-state index contributed by atoms with van der Waals surface area (Å²) in [6.07, 6.45) is 6.74. The quantitative estimate of drug-likeness (QED) is 0.609. The number of rotatable bonds is 7. The lowest BCUT2D eigenvalue weighted by molar-refractivity contribution is -0.193. The summed E-state index contributed by atoms with van der Waals surface area (Å²) in [6.45, 7) is 4.12. The summed E-state index contributed by atoms with van der Waals surface area (Å²) in [6, 6.07) is 9.81. The molecule has 1 aromatic rings. The van der Waals surface area contributed by atoms with E-state index in [4.69, 9.17) is 20.6 Å². The summed E-state index contributed by atoms with van der Waals surface area (Å²) in [7, 11) is 1.52. The van der Waals surface area contributed by atoms with Gasteiger partial charge in [-0.2, -0.15) is 0 Å². The summed E-state index contributed by atoms with van der Waals surface area (Å²) in [5.41, 5.74) is 0.284. The molecular weight excluding hydrogens is 306 g/mol. The highest BCUT2D eigenvalue weighted by atomic mass is 16.7. The third kappa shape index (κ3) is 4.23. The van der Waals surface area contributed by atoms with Gasteiger partial charge in [0.15, 0.2) is 11.8 Å². The predicted molar refractivity (Wildman–Crippen MR) is 93.0 cm³/mol. The molecule has 0 spiro atoms. The van der Waals surface area contributed by atoms with Crippen LogP contribution in [0.1, 0.15) is 12.5 Å². The fourth-order valence-corrected chi connectivity index (χ4v) is 2.85. The predicted octanol–water partition coefficient (Wildman–Crippen LogP) is 1.73. The Hall–Kier alpha value is -1.68. The molecule has 5 nitrogen and oxygen atoms in total. The SMILES string of the molecule is C#CC(OCOC)C(O)(/C(C)=C/c1ccccc1)N1CCOCC1. The average Bonchev–Trinajstić information content (AvgIpc) is 2.63. The van der Waals surface area contributed by atoms with E-state index in [-0.39, 0.29) is 6.79 Å². The molecule has 0 radical (unpaired) electrons. The number of morpholine rings is 1. The Morgan fingerprint density at radius 2 is 2.08 bits per heavy atom. The van der Waals surface area contributed by atoms with E-state index in [0.717, 1.165) is 11.1 Å². The lowest BCUT2D eigenvalue weighted by Gasteiger charge is -2.45. The van der Waals surface area contributed by atoms with Crippen LogP contribution in [0.25, 0.3) is 6.08 Å². The Kier molecular flexibility index (Phi) is 6.98. The molecular formula is C19H25NO4. The van der Waals surface area contributed by atoms with Crippen LogP contribution in [0.3, 0.4) is 0 Å². The van der Waals surface area contributed by atoms with Gasteiger partial charge in [-0.25, -0.2) is 0 Å². The van der Waals surface area contributed by atoms with E-state index >= 15 is 0 Å². The Balaban J connectivity index is 2.37. The second-order valence-corrected chi connectivity index (χ2v) is 5.68. The van der Waals surface area contributed by atoms with Gasteiger partial charge in [-0.1, -0.05) is 42.3 Å². The van der Waals surface area contributed by atoms with Crippen molar-refractivity contribution >= 4 is 6.08 Å². The first-order valence-corrected chi connectivity index (χ1v) is 7.98. The highest BCUT2D eigenvalue weighted by molar-refractivity contribution is 5.55. The third-order valence-corrected chi connectivity index (χ3v) is 4.13. The molecule has 1 fully saturated rings. The van der Waals surface area contributed by atoms with Gasteiger partial charge in [-0.3, -0.25) is 4.90 Å². The molecule has 0 saturated carbocycles. The van der Waals surface area contributed by atoms with Crippen LogP contribution < -0.4 is 0 Å². The van der Waals surface area contributed by atoms with Crippen LogP contribution in [0.4, 0.5) is 0 Å². The summed E-state index contributed by atoms with van der Waals surface area (Å²) >= 11 is 0. The van der Waals surface area contributed by atoms with Gasteiger partial charge in [0.1, 0.15) is 6.79 Å². The van der Waals surface area contributed by atoms with Crippen LogP contribution in [0.5, 0.6) is 0 Å². The Bertz CT molecular complexity index is 575. The van der Waals surface area contributed by atoms with Gasteiger partial charge in [0.25, 0.3) is 0 Å². The molecule has 1 saturated heterocycles. The number of hydrogen-bond donors (Lipinski definition) is 1. The number of ether oxygens (including phenoxy) is 3. The number of methoxy groups -OCH3 is 1. The molecule has 2 atom stereocenters. The van der Waals surface area contributed by atoms with E-state index in [2.05, 4.69) is 5.92 Å². The van der Waals surface area contributed by atoms with Crippen molar-refractivity contribution in [2.45, 2.75) is 18.8 Å². The third-order valence-electron chi connectivity index (χ3n) is 4.13. The van der Waals surface area contributed by atoms with Crippen molar-refractivity contribution in [3.05, 3.63) is 41.5 Å². The smallest absolute Gasteiger partial charge is 0.179 e. The van der Waals surface area contributed by atoms with Crippen molar-refractivity contribution < 1.29 is 19.3 Å². The molecule has 1 heterocycles. The number of aliphatic hydroxyl groups is 1. The molecule has 1 aromatic carbocycles. The zero-order chi connectivity index (χ0) is 17.4. The Morgan fingerprint density at radius 3 is 2.67 bits per heavy atom. The molecule has 0 aromatic heterocycles. The fraction of sp³-hybridized carbons (Fsp3) is 0.474. The number of hydrogen-bond acceptors (Lipinski definition) is 5. The molecule has 5 heteroatoms. The lowest BCUT2D eigenvalue weighted by atomic mass is 9.93. The van der Waals surface area contributed by atoms with E-state index in [0.29, 0.717) is 26.3 Å². The van der Waals surface area contributed by atoms with Crippen LogP contribution in [0, 0.1) is 12.3 Å². The van der Waals surface area contributed by atoms with E-state index < -0.39 is 11.8 Å². The summed E-state index contributed by atoms with van der Waals surface area (Å²) in [5.74, 6) is 2.57. The maximum atomic E-state index is 11.5. The first-order chi connectivity index (χ1) is 11.6. The maximum absolute atomic E-state index is 11.5. The van der Waals surface area contributed by atoms with Gasteiger partial charge in [0, 0.05) is 20.2 Å². The standard InChI is InChI=1S/C19H25NO4/c1-4-18(24-15-22-3)19(21,20-10-12-23-13-11-20)16(2)14-17-8-6-5-7-9-17/h1,5-9,14,18,21H,10-13,15H2,2-3H3/b16-14+. The minimum absolute atomic E-state index is 0.0140. The first-order valence-electron chi connectivity index (χ1n) is 7.98. The molecule has 0 bridgehead atoms. The van der Waals surface area contributed by atoms with E-state index in [1.54, 1.807) is 0 Å². The van der Waals surface area contributed by atoms with Crippen LogP contribution in [-0.2, 0) is 14.2 Å². The molecule has 2 rings (SSSR count). The van der Waals surface area contributed by atoms with Gasteiger partial charge in [-0.05, 0) is 18.1 Å². The lowest BCUT2D eigenvalue weighted by Crippen LogP contribution is -2.61. The van der Waals surface area contributed by atoms with Crippen molar-refractivity contribution in [1.29, 1.82) is 0 Å². The number of terminal acetylenes is 1. The molecule has 24 heavy (non-hydrogen) atoms. The molecule has 1 N–H and O–H groups in total. The molecule has 2 unspecified atom stereocenters. The first kappa shape index (κ1) is 18.7. The minimum Gasteiger partial charge on any atom is -0.379 e. The highest BCUT2D eigenvalue weighted by Crippen LogP contribution is 2.30. The van der Waals surface area contributed by atoms with Crippen LogP contribution in [-0.4, -0.2) is 62.0 Å². The minimum atomic E-state index is -1.42. The zero-order valence-corrected chi connectivity index (χ0v) is 14.3. The second-order valence-electron chi connectivity index (χ2n) is 5.68. The molecule has 0 aliphatic carbocycles. The largest absolute Gasteiger partial charge is 0.379 e. The highest BCUT2D eigenvalue weighted by Gasteiger charge is 2.44. The van der Waals surface area contributed by atoms with Crippen LogP contribution in [0.2, 0.25) is 0 Å².